The fourth-order valence-corrected chi connectivity index (χ4v) is 5.66. The van der Waals surface area contributed by atoms with Gasteiger partial charge in [-0.25, -0.2) is 9.97 Å². The Morgan fingerprint density at radius 1 is 1.23 bits per heavy atom. The number of fused-ring (bicyclic) bond motifs is 2. The summed E-state index contributed by atoms with van der Waals surface area (Å²) in [4.78, 5) is 37.6. The van der Waals surface area contributed by atoms with Crippen LogP contribution in [0.4, 0.5) is 18.3 Å². The molecule has 0 bridgehead atoms. The van der Waals surface area contributed by atoms with E-state index in [1.54, 1.807) is 0 Å². The number of allylic oxidation sites excluding steroid dienone is 2. The van der Waals surface area contributed by atoms with Crippen LogP contribution in [0.3, 0.4) is 0 Å². The minimum absolute atomic E-state index is 0.0177. The molecule has 0 saturated carbocycles. The Labute approximate surface area is 203 Å². The lowest BCUT2D eigenvalue weighted by atomic mass is 9.90. The first-order valence-corrected chi connectivity index (χ1v) is 12.3. The maximum Gasteiger partial charge on any atom is 0.417 e. The van der Waals surface area contributed by atoms with Gasteiger partial charge in [-0.15, -0.1) is 11.3 Å². The Morgan fingerprint density at radius 2 is 2.06 bits per heavy atom. The van der Waals surface area contributed by atoms with Crippen LogP contribution in [0.15, 0.2) is 30.1 Å². The second kappa shape index (κ2) is 9.10. The van der Waals surface area contributed by atoms with Crippen LogP contribution in [0.25, 0.3) is 11.0 Å². The number of carbonyl (C=O) groups excluding carboxylic acids is 2. The van der Waals surface area contributed by atoms with Gasteiger partial charge in [-0.05, 0) is 45.1 Å². The molecule has 7 nitrogen and oxygen atoms in total. The maximum atomic E-state index is 13.1. The highest BCUT2D eigenvalue weighted by atomic mass is 32.1. The van der Waals surface area contributed by atoms with Crippen molar-refractivity contribution in [2.24, 2.45) is 5.92 Å². The van der Waals surface area contributed by atoms with Gasteiger partial charge in [0.05, 0.1) is 16.8 Å². The summed E-state index contributed by atoms with van der Waals surface area (Å²) in [7, 11) is 0. The van der Waals surface area contributed by atoms with Crippen molar-refractivity contribution in [1.29, 1.82) is 0 Å². The minimum Gasteiger partial charge on any atom is -0.349 e. The molecule has 2 aliphatic carbocycles. The summed E-state index contributed by atoms with van der Waals surface area (Å²) in [5.41, 5.74) is 1.68. The number of alkyl halides is 3. The van der Waals surface area contributed by atoms with Gasteiger partial charge in [0, 0.05) is 41.0 Å². The van der Waals surface area contributed by atoms with Gasteiger partial charge < -0.3 is 15.6 Å². The number of aryl methyl sites for hydroxylation is 1. The maximum absolute atomic E-state index is 13.1. The summed E-state index contributed by atoms with van der Waals surface area (Å²) in [6.07, 6.45) is 4.04. The third kappa shape index (κ3) is 4.95. The van der Waals surface area contributed by atoms with E-state index in [0.717, 1.165) is 42.1 Å². The van der Waals surface area contributed by atoms with Gasteiger partial charge in [0.25, 0.3) is 5.91 Å². The number of carbonyl (C=O) groups is 2. The number of anilines is 1. The lowest BCUT2D eigenvalue weighted by molar-refractivity contribution is -0.137. The molecule has 184 valence electrons. The predicted molar refractivity (Wildman–Crippen MR) is 126 cm³/mol. The van der Waals surface area contributed by atoms with Gasteiger partial charge in [0.1, 0.15) is 5.65 Å². The van der Waals surface area contributed by atoms with Crippen molar-refractivity contribution in [3.05, 3.63) is 51.8 Å². The minimum atomic E-state index is -4.54. The number of nitrogens with one attached hydrogen (secondary N) is 3. The fraction of sp³-hybridized carbons (Fsp3) is 0.417. The van der Waals surface area contributed by atoms with Crippen LogP contribution in [0, 0.1) is 5.92 Å². The molecule has 0 aromatic carbocycles. The van der Waals surface area contributed by atoms with Gasteiger partial charge in [0.2, 0.25) is 5.91 Å². The molecule has 35 heavy (non-hydrogen) atoms. The average molecular weight is 504 g/mol. The fourth-order valence-electron chi connectivity index (χ4n) is 4.57. The van der Waals surface area contributed by atoms with E-state index >= 15 is 0 Å². The molecule has 2 amide bonds. The normalized spacial score (nSPS) is 20.3. The highest BCUT2D eigenvalue weighted by Crippen LogP contribution is 2.33. The summed E-state index contributed by atoms with van der Waals surface area (Å²) in [6.45, 7) is 2.08. The molecule has 3 aromatic rings. The molecule has 3 N–H and O–H groups in total. The molecule has 0 aliphatic heterocycles. The van der Waals surface area contributed by atoms with Gasteiger partial charge >= 0.3 is 6.18 Å². The first-order valence-electron chi connectivity index (χ1n) is 11.5. The number of aromatic nitrogens is 3. The van der Waals surface area contributed by atoms with Crippen LogP contribution < -0.4 is 10.6 Å². The zero-order valence-corrected chi connectivity index (χ0v) is 19.8. The molecule has 0 radical (unpaired) electrons. The molecular formula is C24H24F3N5O2S. The Bertz CT molecular complexity index is 1330. The molecule has 5 rings (SSSR count). The van der Waals surface area contributed by atoms with E-state index < -0.39 is 17.6 Å². The van der Waals surface area contributed by atoms with E-state index in [0.29, 0.717) is 24.4 Å². The number of rotatable bonds is 4. The first kappa shape index (κ1) is 23.5. The van der Waals surface area contributed by atoms with E-state index in [9.17, 15) is 22.8 Å². The van der Waals surface area contributed by atoms with Crippen molar-refractivity contribution in [2.45, 2.75) is 57.7 Å². The van der Waals surface area contributed by atoms with Crippen LogP contribution in [-0.4, -0.2) is 32.8 Å². The number of pyridine rings is 1. The van der Waals surface area contributed by atoms with Crippen molar-refractivity contribution < 1.29 is 22.8 Å². The van der Waals surface area contributed by atoms with E-state index in [1.807, 2.05) is 0 Å². The number of amides is 2. The predicted octanol–water partition coefficient (Wildman–Crippen LogP) is 5.01. The van der Waals surface area contributed by atoms with E-state index in [4.69, 9.17) is 0 Å². The van der Waals surface area contributed by atoms with E-state index in [-0.39, 0.29) is 34.5 Å². The van der Waals surface area contributed by atoms with Crippen molar-refractivity contribution in [3.63, 3.8) is 0 Å². The second-order valence-corrected chi connectivity index (χ2v) is 10.2. The topological polar surface area (TPSA) is 99.8 Å². The zero-order chi connectivity index (χ0) is 24.7. The lowest BCUT2D eigenvalue weighted by Crippen LogP contribution is -2.38. The van der Waals surface area contributed by atoms with Gasteiger partial charge in [-0.3, -0.25) is 9.59 Å². The average Bonchev–Trinajstić information content (AvgIpc) is 3.41. The molecule has 11 heteroatoms. The van der Waals surface area contributed by atoms with Gasteiger partial charge in [-0.2, -0.15) is 13.2 Å². The van der Waals surface area contributed by atoms with Crippen molar-refractivity contribution in [1.82, 2.24) is 20.3 Å². The van der Waals surface area contributed by atoms with Crippen LogP contribution in [0.1, 0.15) is 59.1 Å². The summed E-state index contributed by atoms with van der Waals surface area (Å²) < 4.78 is 39.3. The number of aromatic amines is 1. The largest absolute Gasteiger partial charge is 0.417 e. The summed E-state index contributed by atoms with van der Waals surface area (Å²) in [5, 5.41) is 6.58. The monoisotopic (exact) mass is 503 g/mol. The Morgan fingerprint density at radius 3 is 2.80 bits per heavy atom. The summed E-state index contributed by atoms with van der Waals surface area (Å²) >= 11 is 1.41. The van der Waals surface area contributed by atoms with Crippen molar-refractivity contribution >= 4 is 39.3 Å². The molecule has 0 spiro atoms. The molecule has 3 aromatic heterocycles. The molecular weight excluding hydrogens is 479 g/mol. The quantitative estimate of drug-likeness (QED) is 0.436. The molecule has 2 unspecified atom stereocenters. The smallest absolute Gasteiger partial charge is 0.349 e. The Balaban J connectivity index is 1.24. The van der Waals surface area contributed by atoms with Gasteiger partial charge in [0.15, 0.2) is 5.13 Å². The third-order valence-electron chi connectivity index (χ3n) is 6.62. The second-order valence-electron chi connectivity index (χ2n) is 9.13. The number of hydrogen-bond donors (Lipinski definition) is 3. The number of nitrogens with zero attached hydrogens (tertiary/aromatic N) is 2. The standard InChI is InChI=1S/C24H24F3N5O2S/c1-12-2-4-13(5-3-12)21(33)32-23-31-18-7-6-15(9-19(18)35-23)30-22(34)17-11-29-20-16(17)8-14(10-28-20)24(25,26)27/h2,8,10-11,13,15H,3-7,9H2,1H3,(H,28,29)(H,30,34)(H,31,32,33). The SMILES string of the molecule is CC1=CCC(C(=O)Nc2nc3c(s2)CC(NC(=O)c2c[nH]c4ncc(C(F)(F)F)cc24)CC3)CC1. The first-order chi connectivity index (χ1) is 16.7. The molecule has 3 heterocycles. The molecule has 2 atom stereocenters. The number of H-pyrrole nitrogens is 1. The lowest BCUT2D eigenvalue weighted by Gasteiger charge is -2.22. The van der Waals surface area contributed by atoms with Crippen molar-refractivity contribution in [3.8, 4) is 0 Å². The van der Waals surface area contributed by atoms with Gasteiger partial charge in [-0.1, -0.05) is 11.6 Å². The van der Waals surface area contributed by atoms with Crippen molar-refractivity contribution in [2.75, 3.05) is 5.32 Å². The zero-order valence-electron chi connectivity index (χ0n) is 19.0. The highest BCUT2D eigenvalue weighted by molar-refractivity contribution is 7.15. The molecule has 0 fully saturated rings. The molecule has 2 aliphatic rings. The Kier molecular flexibility index (Phi) is 6.12. The third-order valence-corrected chi connectivity index (χ3v) is 7.65. The van der Waals surface area contributed by atoms with Crippen LogP contribution in [0.2, 0.25) is 0 Å². The molecule has 0 saturated heterocycles. The summed E-state index contributed by atoms with van der Waals surface area (Å²) in [5.74, 6) is -0.518. The Hall–Kier alpha value is -3.21. The number of halogens is 3. The van der Waals surface area contributed by atoms with Crippen LogP contribution in [0.5, 0.6) is 0 Å². The van der Waals surface area contributed by atoms with E-state index in [2.05, 4.69) is 38.6 Å². The highest BCUT2D eigenvalue weighted by Gasteiger charge is 2.32. The number of thiazole rings is 1. The van der Waals surface area contributed by atoms with Crippen LogP contribution >= 0.6 is 11.3 Å². The van der Waals surface area contributed by atoms with Crippen LogP contribution in [-0.2, 0) is 23.8 Å². The van der Waals surface area contributed by atoms with E-state index in [1.165, 1.54) is 23.1 Å². The number of hydrogen-bond acceptors (Lipinski definition) is 5. The summed E-state index contributed by atoms with van der Waals surface area (Å²) in [6, 6.07) is 0.753.